The number of ether oxygens (including phenoxy) is 4. The average Bonchev–Trinajstić information content (AvgIpc) is 3.47. The standard InChI is InChI=1S/C40H47F3N4O8/c1-8-53-35(50)39-23(3)26(39)14-12-10-9-11-13-15-28(45-36(51)55-37(4,5)6)34(49)47-21-38(20-29(47)33(48)46-39)19-22(2)30-25-18-24(52-7)16-17-27(25)44-32(31(30)54-38)40(41,42)43/h12,14,16-19,26,28-29H,3,8-11,13,15,20-21H2,1-2,4-7H3,(H,45,51)(H,46,48). The average molecular weight is 769 g/mol. The van der Waals surface area contributed by atoms with Crippen molar-refractivity contribution < 1.29 is 51.3 Å². The molecule has 3 amide bonds. The fraction of sp³-hybridized carbons (Fsp3) is 0.525. The van der Waals surface area contributed by atoms with Crippen molar-refractivity contribution in [2.45, 2.75) is 108 Å². The summed E-state index contributed by atoms with van der Waals surface area (Å²) in [6.45, 7) is 12.0. The van der Waals surface area contributed by atoms with Crippen LogP contribution in [0, 0.1) is 5.92 Å². The Hall–Kier alpha value is -5.08. The van der Waals surface area contributed by atoms with Gasteiger partial charge in [-0.05, 0) is 89.3 Å². The molecule has 1 saturated carbocycles. The Morgan fingerprint density at radius 2 is 1.91 bits per heavy atom. The summed E-state index contributed by atoms with van der Waals surface area (Å²) in [6, 6.07) is 2.00. The van der Waals surface area contributed by atoms with Crippen molar-refractivity contribution in [1.29, 1.82) is 0 Å². The highest BCUT2D eigenvalue weighted by Gasteiger charge is 2.66. The number of esters is 1. The van der Waals surface area contributed by atoms with Crippen molar-refractivity contribution in [3.05, 3.63) is 59.8 Å². The Balaban J connectivity index is 1.46. The van der Waals surface area contributed by atoms with E-state index in [4.69, 9.17) is 18.9 Å². The minimum Gasteiger partial charge on any atom is -0.497 e. The molecule has 2 fully saturated rings. The van der Waals surface area contributed by atoms with Crippen molar-refractivity contribution in [2.75, 3.05) is 20.3 Å². The maximum absolute atomic E-state index is 14.8. The van der Waals surface area contributed by atoms with Gasteiger partial charge in [0.1, 0.15) is 29.0 Å². The summed E-state index contributed by atoms with van der Waals surface area (Å²) >= 11 is 0. The Morgan fingerprint density at radius 1 is 1.16 bits per heavy atom. The van der Waals surface area contributed by atoms with Crippen molar-refractivity contribution in [3.8, 4) is 11.5 Å². The summed E-state index contributed by atoms with van der Waals surface area (Å²) in [5, 5.41) is 5.85. The minimum atomic E-state index is -4.93. The molecular formula is C40H47F3N4O8. The van der Waals surface area contributed by atoms with Gasteiger partial charge in [-0.25, -0.2) is 14.6 Å². The molecule has 1 spiro atoms. The number of hydrogen-bond acceptors (Lipinski definition) is 9. The van der Waals surface area contributed by atoms with Gasteiger partial charge in [-0.2, -0.15) is 13.2 Å². The van der Waals surface area contributed by atoms with E-state index in [1.807, 2.05) is 12.2 Å². The lowest BCUT2D eigenvalue weighted by molar-refractivity contribution is -0.149. The third-order valence-electron chi connectivity index (χ3n) is 10.4. The molecular weight excluding hydrogens is 721 g/mol. The van der Waals surface area contributed by atoms with Crippen LogP contribution < -0.4 is 20.1 Å². The Kier molecular flexibility index (Phi) is 10.5. The van der Waals surface area contributed by atoms with Crippen LogP contribution in [0.5, 0.6) is 11.5 Å². The first kappa shape index (κ1) is 39.6. The number of methoxy groups -OCH3 is 1. The van der Waals surface area contributed by atoms with Crippen LogP contribution in [0.3, 0.4) is 0 Å². The summed E-state index contributed by atoms with van der Waals surface area (Å²) in [5.41, 5.74) is -4.38. The molecule has 1 saturated heterocycles. The van der Waals surface area contributed by atoms with Crippen LogP contribution in [0.1, 0.15) is 84.4 Å². The van der Waals surface area contributed by atoms with Gasteiger partial charge in [-0.15, -0.1) is 0 Å². The highest BCUT2D eigenvalue weighted by atomic mass is 19.4. The number of nitrogens with zero attached hydrogens (tertiary/aromatic N) is 2. The zero-order valence-corrected chi connectivity index (χ0v) is 31.9. The van der Waals surface area contributed by atoms with Gasteiger partial charge in [0, 0.05) is 23.3 Å². The number of carbonyl (C=O) groups excluding carboxylic acids is 4. The van der Waals surface area contributed by atoms with Crippen LogP contribution in [-0.2, 0) is 30.0 Å². The maximum atomic E-state index is 14.8. The highest BCUT2D eigenvalue weighted by Crippen LogP contribution is 2.53. The number of aromatic nitrogens is 1. The predicted octanol–water partition coefficient (Wildman–Crippen LogP) is 6.42. The highest BCUT2D eigenvalue weighted by molar-refractivity contribution is 6.01. The normalized spacial score (nSPS) is 27.1. The quantitative estimate of drug-likeness (QED) is 0.266. The maximum Gasteiger partial charge on any atom is 0.437 e. The summed E-state index contributed by atoms with van der Waals surface area (Å²) in [6.07, 6.45) is 2.09. The number of carbonyl (C=O) groups is 4. The lowest BCUT2D eigenvalue weighted by Gasteiger charge is -2.35. The first-order valence-electron chi connectivity index (χ1n) is 18.5. The van der Waals surface area contributed by atoms with Crippen molar-refractivity contribution in [3.63, 3.8) is 0 Å². The van der Waals surface area contributed by atoms with Crippen LogP contribution >= 0.6 is 0 Å². The summed E-state index contributed by atoms with van der Waals surface area (Å²) in [7, 11) is 1.44. The SMILES string of the molecule is C=C1C2C=CCCCCCC(NC(=O)OC(C)(C)C)C(=O)N3CC4(C=C(C)c5c(c(C(F)(F)F)nc6ccc(OC)cc56)O4)CC3C(=O)NC12C(=O)OCC. The third kappa shape index (κ3) is 7.62. The smallest absolute Gasteiger partial charge is 0.437 e. The number of alkyl halides is 3. The third-order valence-corrected chi connectivity index (χ3v) is 10.4. The Bertz CT molecular complexity index is 1990. The van der Waals surface area contributed by atoms with Gasteiger partial charge in [-0.3, -0.25) is 9.59 Å². The topological polar surface area (TPSA) is 145 Å². The van der Waals surface area contributed by atoms with E-state index < -0.39 is 76.2 Å². The fourth-order valence-corrected chi connectivity index (χ4v) is 7.87. The van der Waals surface area contributed by atoms with Crippen molar-refractivity contribution >= 4 is 40.4 Å². The molecule has 55 heavy (non-hydrogen) atoms. The molecule has 5 unspecified atom stereocenters. The molecule has 1 aromatic heterocycles. The van der Waals surface area contributed by atoms with Crippen LogP contribution in [0.25, 0.3) is 16.5 Å². The largest absolute Gasteiger partial charge is 0.497 e. The van der Waals surface area contributed by atoms with Crippen molar-refractivity contribution in [1.82, 2.24) is 20.5 Å². The van der Waals surface area contributed by atoms with Crippen LogP contribution in [-0.4, -0.2) is 82.8 Å². The van der Waals surface area contributed by atoms with Crippen LogP contribution in [0.2, 0.25) is 0 Å². The first-order valence-corrected chi connectivity index (χ1v) is 18.5. The number of rotatable bonds is 4. The Labute approximate surface area is 317 Å². The van der Waals surface area contributed by atoms with Gasteiger partial charge in [0.05, 0.1) is 25.8 Å². The number of hydrogen-bond donors (Lipinski definition) is 2. The summed E-state index contributed by atoms with van der Waals surface area (Å²) in [4.78, 5) is 61.0. The van der Waals surface area contributed by atoms with Gasteiger partial charge >= 0.3 is 18.2 Å². The van der Waals surface area contributed by atoms with Crippen molar-refractivity contribution in [2.24, 2.45) is 5.92 Å². The number of pyridine rings is 1. The zero-order valence-electron chi connectivity index (χ0n) is 31.9. The molecule has 5 atom stereocenters. The van der Waals surface area contributed by atoms with E-state index in [0.29, 0.717) is 41.5 Å². The molecule has 2 aromatic rings. The molecule has 3 aliphatic heterocycles. The number of allylic oxidation sites excluding steroid dienone is 2. The number of amides is 3. The molecule has 4 aliphatic rings. The summed E-state index contributed by atoms with van der Waals surface area (Å²) in [5.74, 6) is -2.87. The molecule has 0 radical (unpaired) electrons. The van der Waals surface area contributed by atoms with Gasteiger partial charge < -0.3 is 34.5 Å². The molecule has 296 valence electrons. The molecule has 2 N–H and O–H groups in total. The Morgan fingerprint density at radius 3 is 2.58 bits per heavy atom. The van der Waals surface area contributed by atoms with E-state index in [-0.39, 0.29) is 37.1 Å². The number of halogens is 3. The number of nitrogens with one attached hydrogen (secondary N) is 2. The molecule has 12 nitrogen and oxygen atoms in total. The van der Waals surface area contributed by atoms with E-state index >= 15 is 0 Å². The number of fused-ring (bicyclic) bond motifs is 5. The monoisotopic (exact) mass is 768 g/mol. The van der Waals surface area contributed by atoms with Gasteiger partial charge in [0.15, 0.2) is 17.0 Å². The zero-order chi connectivity index (χ0) is 40.1. The number of alkyl carbamates (subject to hydrolysis) is 1. The molecule has 4 heterocycles. The first-order chi connectivity index (χ1) is 25.8. The second-order valence-corrected chi connectivity index (χ2v) is 15.5. The van der Waals surface area contributed by atoms with Gasteiger partial charge in [-0.1, -0.05) is 31.6 Å². The molecule has 15 heteroatoms. The van der Waals surface area contributed by atoms with E-state index in [1.165, 1.54) is 24.1 Å². The second-order valence-electron chi connectivity index (χ2n) is 15.5. The lowest BCUT2D eigenvalue weighted by atomic mass is 9.88. The second kappa shape index (κ2) is 14.5. The van der Waals surface area contributed by atoms with Gasteiger partial charge in [0.2, 0.25) is 11.8 Å². The minimum absolute atomic E-state index is 0.0305. The molecule has 6 rings (SSSR count). The van der Waals surface area contributed by atoms with Crippen LogP contribution in [0.4, 0.5) is 18.0 Å². The van der Waals surface area contributed by atoms with E-state index in [1.54, 1.807) is 46.8 Å². The van der Waals surface area contributed by atoms with E-state index in [2.05, 4.69) is 22.2 Å². The fourth-order valence-electron chi connectivity index (χ4n) is 7.87. The molecule has 0 bridgehead atoms. The molecule has 1 aliphatic carbocycles. The predicted molar refractivity (Wildman–Crippen MR) is 196 cm³/mol. The van der Waals surface area contributed by atoms with Gasteiger partial charge in [0.25, 0.3) is 0 Å². The molecule has 1 aromatic carbocycles. The van der Waals surface area contributed by atoms with E-state index in [9.17, 15) is 32.3 Å². The van der Waals surface area contributed by atoms with E-state index in [0.717, 1.165) is 6.42 Å². The summed E-state index contributed by atoms with van der Waals surface area (Å²) < 4.78 is 66.9. The lowest BCUT2D eigenvalue weighted by Crippen LogP contribution is -2.57. The van der Waals surface area contributed by atoms with Crippen LogP contribution in [0.15, 0.2) is 48.6 Å². The number of benzene rings is 1.